The van der Waals surface area contributed by atoms with E-state index in [1.54, 1.807) is 47.6 Å². The summed E-state index contributed by atoms with van der Waals surface area (Å²) in [5, 5.41) is 3.63. The summed E-state index contributed by atoms with van der Waals surface area (Å²) in [4.78, 5) is 45.5. The highest BCUT2D eigenvalue weighted by Crippen LogP contribution is 2.47. The van der Waals surface area contributed by atoms with E-state index in [2.05, 4.69) is 10.3 Å². The first-order valence-corrected chi connectivity index (χ1v) is 15.1. The van der Waals surface area contributed by atoms with E-state index >= 15 is 0 Å². The van der Waals surface area contributed by atoms with E-state index < -0.39 is 19.5 Å². The maximum atomic E-state index is 13.8. The molecule has 5 rings (SSSR count). The van der Waals surface area contributed by atoms with E-state index in [0.717, 1.165) is 25.0 Å². The molecule has 1 aromatic carbocycles. The molecular weight excluding hydrogens is 533 g/mol. The normalized spacial score (nSPS) is 20.3. The van der Waals surface area contributed by atoms with Crippen molar-refractivity contribution in [3.05, 3.63) is 53.9 Å². The number of aromatic nitrogens is 2. The van der Waals surface area contributed by atoms with Gasteiger partial charge in [-0.2, -0.15) is 0 Å². The summed E-state index contributed by atoms with van der Waals surface area (Å²) < 4.78 is 25.9. The Labute approximate surface area is 232 Å². The number of hydrogen-bond donors (Lipinski definition) is 2. The van der Waals surface area contributed by atoms with Gasteiger partial charge in [0.05, 0.1) is 24.1 Å². The molecule has 3 atom stereocenters. The number of hydrogen-bond acceptors (Lipinski definition) is 7. The number of carbonyl (C=O) groups excluding carboxylic acids is 3. The smallest absolute Gasteiger partial charge is 0.361 e. The molecule has 212 valence electrons. The van der Waals surface area contributed by atoms with Gasteiger partial charge < -0.3 is 29.6 Å². The van der Waals surface area contributed by atoms with Gasteiger partial charge in [0.15, 0.2) is 0 Å². The van der Waals surface area contributed by atoms with Crippen LogP contribution in [0.5, 0.6) is 0 Å². The molecule has 1 saturated heterocycles. The standard InChI is InChI=1S/C28H34N5O6P/c1-4-38-40(37,39-5-2)20-11-12-23-21(14-20)22(27(29)35)15-32(23)16-25(34)33-19-10-9-18(13-19)26(33)28(36)31-24-8-6-7-17(3)30-24/h6-8,11-12,14-15,18-19,26H,4-5,9-10,13,16H2,1-3H3,(H2,29,35)(H,30,31,36)/t18-,19+,26-/m0/s1. The molecule has 3 amide bonds. The van der Waals surface area contributed by atoms with Crippen molar-refractivity contribution in [1.29, 1.82) is 0 Å². The van der Waals surface area contributed by atoms with E-state index in [0.29, 0.717) is 22.0 Å². The van der Waals surface area contributed by atoms with Crippen LogP contribution in [-0.4, -0.2) is 57.5 Å². The van der Waals surface area contributed by atoms with Crippen LogP contribution < -0.4 is 16.4 Å². The molecule has 3 N–H and O–H groups in total. The van der Waals surface area contributed by atoms with Gasteiger partial charge in [-0.05, 0) is 76.3 Å². The van der Waals surface area contributed by atoms with Crippen LogP contribution in [0.1, 0.15) is 49.2 Å². The molecule has 12 heteroatoms. The Morgan fingerprint density at radius 1 is 1.12 bits per heavy atom. The van der Waals surface area contributed by atoms with Crippen LogP contribution in [0.15, 0.2) is 42.6 Å². The molecule has 2 aliphatic rings. The highest BCUT2D eigenvalue weighted by molar-refractivity contribution is 7.62. The maximum absolute atomic E-state index is 13.8. The van der Waals surface area contributed by atoms with Crippen molar-refractivity contribution in [2.24, 2.45) is 11.7 Å². The molecule has 0 unspecified atom stereocenters. The largest absolute Gasteiger partial charge is 0.366 e. The quantitative estimate of drug-likeness (QED) is 0.357. The summed E-state index contributed by atoms with van der Waals surface area (Å²) in [5.41, 5.74) is 7.22. The minimum absolute atomic E-state index is 0.0222. The lowest BCUT2D eigenvalue weighted by atomic mass is 9.97. The molecule has 0 radical (unpaired) electrons. The predicted molar refractivity (Wildman–Crippen MR) is 150 cm³/mol. The second-order valence-corrected chi connectivity index (χ2v) is 12.2. The molecule has 2 aromatic heterocycles. The van der Waals surface area contributed by atoms with Crippen molar-refractivity contribution in [3.8, 4) is 0 Å². The predicted octanol–water partition coefficient (Wildman–Crippen LogP) is 3.35. The highest BCUT2D eigenvalue weighted by Gasteiger charge is 2.51. The Morgan fingerprint density at radius 3 is 2.55 bits per heavy atom. The Hall–Kier alpha value is -3.53. The lowest BCUT2D eigenvalue weighted by Gasteiger charge is -2.34. The topological polar surface area (TPSA) is 146 Å². The number of aryl methyl sites for hydroxylation is 1. The molecule has 3 heterocycles. The van der Waals surface area contributed by atoms with Gasteiger partial charge in [0, 0.05) is 28.8 Å². The Morgan fingerprint density at radius 2 is 1.88 bits per heavy atom. The van der Waals surface area contributed by atoms with Gasteiger partial charge in [0.25, 0.3) is 5.91 Å². The number of likely N-dealkylation sites (tertiary alicyclic amines) is 1. The molecular formula is C28H34N5O6P. The molecule has 2 fully saturated rings. The number of piperidine rings is 1. The fraction of sp³-hybridized carbons (Fsp3) is 0.429. The van der Waals surface area contributed by atoms with Crippen molar-refractivity contribution in [2.75, 3.05) is 18.5 Å². The van der Waals surface area contributed by atoms with Crippen molar-refractivity contribution >= 4 is 47.3 Å². The Kier molecular flexibility index (Phi) is 7.81. The number of pyridine rings is 1. The van der Waals surface area contributed by atoms with Crippen LogP contribution in [-0.2, 0) is 29.7 Å². The van der Waals surface area contributed by atoms with Crippen LogP contribution in [0, 0.1) is 12.8 Å². The number of anilines is 1. The number of primary amides is 1. The lowest BCUT2D eigenvalue weighted by Crippen LogP contribution is -2.51. The van der Waals surface area contributed by atoms with Crippen molar-refractivity contribution in [1.82, 2.24) is 14.5 Å². The summed E-state index contributed by atoms with van der Waals surface area (Å²) in [6.07, 6.45) is 4.03. The van der Waals surface area contributed by atoms with Crippen LogP contribution in [0.25, 0.3) is 10.9 Å². The summed E-state index contributed by atoms with van der Waals surface area (Å²) in [6, 6.07) is 9.65. The number of nitrogens with one attached hydrogen (secondary N) is 1. The summed E-state index contributed by atoms with van der Waals surface area (Å²) in [7, 11) is -3.61. The van der Waals surface area contributed by atoms with Gasteiger partial charge in [-0.25, -0.2) is 4.98 Å². The third kappa shape index (κ3) is 5.16. The third-order valence-electron chi connectivity index (χ3n) is 7.63. The van der Waals surface area contributed by atoms with Gasteiger partial charge in [0.2, 0.25) is 11.8 Å². The number of nitrogens with zero attached hydrogens (tertiary/aromatic N) is 3. The molecule has 40 heavy (non-hydrogen) atoms. The number of benzene rings is 1. The Bertz CT molecular complexity index is 1510. The van der Waals surface area contributed by atoms with Gasteiger partial charge in [0.1, 0.15) is 18.4 Å². The summed E-state index contributed by atoms with van der Waals surface area (Å²) in [5.74, 6) is -0.624. The fourth-order valence-electron chi connectivity index (χ4n) is 6.03. The van der Waals surface area contributed by atoms with E-state index in [1.165, 1.54) is 6.20 Å². The second kappa shape index (κ2) is 11.2. The molecule has 1 saturated carbocycles. The molecule has 3 aromatic rings. The van der Waals surface area contributed by atoms with E-state index in [9.17, 15) is 18.9 Å². The average molecular weight is 568 g/mol. The van der Waals surface area contributed by atoms with Gasteiger partial charge in [-0.15, -0.1) is 0 Å². The average Bonchev–Trinajstić information content (AvgIpc) is 3.62. The van der Waals surface area contributed by atoms with Gasteiger partial charge in [-0.3, -0.25) is 18.9 Å². The van der Waals surface area contributed by atoms with Crippen molar-refractivity contribution in [2.45, 2.75) is 58.7 Å². The molecule has 11 nitrogen and oxygen atoms in total. The zero-order chi connectivity index (χ0) is 28.6. The summed E-state index contributed by atoms with van der Waals surface area (Å²) in [6.45, 7) is 5.56. The zero-order valence-corrected chi connectivity index (χ0v) is 23.7. The number of amides is 3. The van der Waals surface area contributed by atoms with E-state index in [1.807, 2.05) is 19.1 Å². The SMILES string of the molecule is CCOP(=O)(OCC)c1ccc2c(c1)c(C(N)=O)cn2CC(=O)N1[C@@H]2CC[C@@H](C2)[C@H]1C(=O)Nc1cccc(C)n1. The first-order valence-electron chi connectivity index (χ1n) is 13.5. The van der Waals surface area contributed by atoms with Crippen LogP contribution in [0.3, 0.4) is 0 Å². The van der Waals surface area contributed by atoms with Crippen LogP contribution in [0.2, 0.25) is 0 Å². The minimum Gasteiger partial charge on any atom is -0.366 e. The molecule has 0 spiro atoms. The van der Waals surface area contributed by atoms with Crippen molar-refractivity contribution < 1.29 is 28.0 Å². The first kappa shape index (κ1) is 28.0. The Balaban J connectivity index is 1.44. The first-order chi connectivity index (χ1) is 19.1. The number of carbonyl (C=O) groups is 3. The minimum atomic E-state index is -3.61. The fourth-order valence-corrected chi connectivity index (χ4v) is 7.63. The van der Waals surface area contributed by atoms with Gasteiger partial charge in [-0.1, -0.05) is 6.07 Å². The van der Waals surface area contributed by atoms with Gasteiger partial charge >= 0.3 is 7.60 Å². The second-order valence-electron chi connectivity index (χ2n) is 10.2. The maximum Gasteiger partial charge on any atom is 0.361 e. The van der Waals surface area contributed by atoms with E-state index in [4.69, 9.17) is 14.8 Å². The zero-order valence-electron chi connectivity index (χ0n) is 22.8. The molecule has 2 bridgehead atoms. The number of rotatable bonds is 10. The van der Waals surface area contributed by atoms with Crippen molar-refractivity contribution in [3.63, 3.8) is 0 Å². The highest BCUT2D eigenvalue weighted by atomic mass is 31.2. The number of fused-ring (bicyclic) bond motifs is 3. The van der Waals surface area contributed by atoms with E-state index in [-0.39, 0.29) is 49.1 Å². The lowest BCUT2D eigenvalue weighted by molar-refractivity contribution is -0.141. The molecule has 1 aliphatic heterocycles. The molecule has 1 aliphatic carbocycles. The third-order valence-corrected chi connectivity index (χ3v) is 9.74. The summed E-state index contributed by atoms with van der Waals surface area (Å²) >= 11 is 0. The van der Waals surface area contributed by atoms with Crippen LogP contribution >= 0.6 is 7.60 Å². The number of nitrogens with two attached hydrogens (primary N) is 1. The monoisotopic (exact) mass is 567 g/mol. The van der Waals surface area contributed by atoms with Crippen LogP contribution in [0.4, 0.5) is 5.82 Å².